The van der Waals surface area contributed by atoms with E-state index in [1.165, 1.54) is 0 Å². The predicted octanol–water partition coefficient (Wildman–Crippen LogP) is 1.93. The highest BCUT2D eigenvalue weighted by atomic mass is 16.5. The summed E-state index contributed by atoms with van der Waals surface area (Å²) in [6, 6.07) is 3.93. The second-order valence-electron chi connectivity index (χ2n) is 4.58. The van der Waals surface area contributed by atoms with Gasteiger partial charge in [0.25, 0.3) is 0 Å². The van der Waals surface area contributed by atoms with Crippen molar-refractivity contribution in [2.75, 3.05) is 19.8 Å². The summed E-state index contributed by atoms with van der Waals surface area (Å²) in [5.41, 5.74) is 7.14. The molecule has 0 saturated heterocycles. The van der Waals surface area contributed by atoms with Crippen molar-refractivity contribution < 1.29 is 14.3 Å². The van der Waals surface area contributed by atoms with Gasteiger partial charge in [-0.2, -0.15) is 0 Å². The molecule has 1 aromatic carbocycles. The number of amides is 1. The molecule has 0 heterocycles. The van der Waals surface area contributed by atoms with Crippen molar-refractivity contribution in [3.05, 3.63) is 23.3 Å². The Hall–Kier alpha value is -1.75. The van der Waals surface area contributed by atoms with Crippen LogP contribution in [0.15, 0.2) is 12.1 Å². The van der Waals surface area contributed by atoms with Crippen LogP contribution in [-0.4, -0.2) is 25.7 Å². The zero-order valence-electron chi connectivity index (χ0n) is 12.7. The molecule has 0 aromatic heterocycles. The van der Waals surface area contributed by atoms with Crippen LogP contribution in [0.1, 0.15) is 37.9 Å². The average molecular weight is 280 g/mol. The van der Waals surface area contributed by atoms with E-state index < -0.39 is 0 Å². The zero-order valence-corrected chi connectivity index (χ0v) is 12.7. The first-order valence-electron chi connectivity index (χ1n) is 6.91. The Labute approximate surface area is 120 Å². The molecular formula is C15H24N2O3. The van der Waals surface area contributed by atoms with Crippen LogP contribution >= 0.6 is 0 Å². The Morgan fingerprint density at radius 1 is 1.25 bits per heavy atom. The van der Waals surface area contributed by atoms with Crippen molar-refractivity contribution in [3.8, 4) is 11.5 Å². The van der Waals surface area contributed by atoms with Gasteiger partial charge >= 0.3 is 0 Å². The van der Waals surface area contributed by atoms with E-state index >= 15 is 0 Å². The quantitative estimate of drug-likeness (QED) is 0.763. The zero-order chi connectivity index (χ0) is 15.1. The molecule has 20 heavy (non-hydrogen) atoms. The molecule has 0 unspecified atom stereocenters. The van der Waals surface area contributed by atoms with Gasteiger partial charge < -0.3 is 20.5 Å². The molecule has 1 atom stereocenters. The topological polar surface area (TPSA) is 73.6 Å². The largest absolute Gasteiger partial charge is 0.493 e. The maximum atomic E-state index is 10.8. The molecule has 5 nitrogen and oxygen atoms in total. The number of nitrogens with two attached hydrogens (primary N) is 1. The smallest absolute Gasteiger partial charge is 0.231 e. The first kappa shape index (κ1) is 16.3. The first-order chi connectivity index (χ1) is 9.49. The van der Waals surface area contributed by atoms with Gasteiger partial charge in [0.2, 0.25) is 5.91 Å². The van der Waals surface area contributed by atoms with Gasteiger partial charge in [-0.25, -0.2) is 0 Å². The minimum absolute atomic E-state index is 0.0125. The van der Waals surface area contributed by atoms with Crippen molar-refractivity contribution in [2.24, 2.45) is 5.73 Å². The predicted molar refractivity (Wildman–Crippen MR) is 79.1 cm³/mol. The molecule has 0 saturated carbocycles. The third-order valence-electron chi connectivity index (χ3n) is 3.02. The molecule has 0 aliphatic carbocycles. The molecule has 0 aliphatic rings. The number of carbonyl (C=O) groups excluding carboxylic acids is 1. The van der Waals surface area contributed by atoms with Gasteiger partial charge in [-0.1, -0.05) is 0 Å². The molecule has 0 fully saturated rings. The Kier molecular flexibility index (Phi) is 6.31. The molecule has 5 heteroatoms. The summed E-state index contributed by atoms with van der Waals surface area (Å²) in [6.45, 7) is 9.17. The van der Waals surface area contributed by atoms with Crippen LogP contribution in [0.3, 0.4) is 0 Å². The lowest BCUT2D eigenvalue weighted by molar-refractivity contribution is -0.117. The lowest BCUT2D eigenvalue weighted by Crippen LogP contribution is -2.30. The number of carbonyl (C=O) groups is 1. The van der Waals surface area contributed by atoms with Crippen molar-refractivity contribution >= 4 is 5.91 Å². The van der Waals surface area contributed by atoms with Crippen LogP contribution in [0, 0.1) is 6.92 Å². The lowest BCUT2D eigenvalue weighted by atomic mass is 10.0. The number of primary amides is 1. The van der Waals surface area contributed by atoms with Gasteiger partial charge in [0.05, 0.1) is 19.8 Å². The van der Waals surface area contributed by atoms with Gasteiger partial charge in [0.15, 0.2) is 0 Å². The van der Waals surface area contributed by atoms with Crippen LogP contribution in [0.4, 0.5) is 0 Å². The molecule has 0 bridgehead atoms. The van der Waals surface area contributed by atoms with Gasteiger partial charge in [-0.15, -0.1) is 0 Å². The molecule has 0 radical (unpaired) electrons. The molecule has 1 rings (SSSR count). The number of hydrogen-bond acceptors (Lipinski definition) is 4. The normalized spacial score (nSPS) is 12.0. The summed E-state index contributed by atoms with van der Waals surface area (Å²) in [6.07, 6.45) is 0. The third kappa shape index (κ3) is 4.42. The standard InChI is InChI=1S/C15H24N2O3/c1-5-19-13-7-12(11(4)17-9-15(16)18)8-14(10(13)3)20-6-2/h7-8,11,17H,5-6,9H2,1-4H3,(H2,16,18)/t11-/m1/s1. The van der Waals surface area contributed by atoms with Crippen molar-refractivity contribution in [1.82, 2.24) is 5.32 Å². The van der Waals surface area contributed by atoms with Crippen LogP contribution < -0.4 is 20.5 Å². The van der Waals surface area contributed by atoms with Crippen LogP contribution in [0.25, 0.3) is 0 Å². The van der Waals surface area contributed by atoms with Gasteiger partial charge in [0, 0.05) is 11.6 Å². The maximum Gasteiger partial charge on any atom is 0.231 e. The van der Waals surface area contributed by atoms with E-state index in [2.05, 4.69) is 5.32 Å². The number of nitrogens with one attached hydrogen (secondary N) is 1. The Bertz CT molecular complexity index is 433. The van der Waals surface area contributed by atoms with Crippen molar-refractivity contribution in [3.63, 3.8) is 0 Å². The van der Waals surface area contributed by atoms with Crippen LogP contribution in [0.5, 0.6) is 11.5 Å². The van der Waals surface area contributed by atoms with E-state index in [1.807, 2.05) is 39.8 Å². The minimum Gasteiger partial charge on any atom is -0.493 e. The number of ether oxygens (including phenoxy) is 2. The minimum atomic E-state index is -0.376. The maximum absolute atomic E-state index is 10.8. The van der Waals surface area contributed by atoms with Gasteiger partial charge in [0.1, 0.15) is 11.5 Å². The van der Waals surface area contributed by atoms with E-state index in [4.69, 9.17) is 15.2 Å². The van der Waals surface area contributed by atoms with E-state index in [9.17, 15) is 4.79 Å². The van der Waals surface area contributed by atoms with Crippen LogP contribution in [0.2, 0.25) is 0 Å². The second-order valence-corrected chi connectivity index (χ2v) is 4.58. The van der Waals surface area contributed by atoms with E-state index in [1.54, 1.807) is 0 Å². The molecule has 3 N–H and O–H groups in total. The summed E-state index contributed by atoms with van der Waals surface area (Å²) >= 11 is 0. The number of benzene rings is 1. The highest BCUT2D eigenvalue weighted by Crippen LogP contribution is 2.32. The Morgan fingerprint density at radius 3 is 2.15 bits per heavy atom. The number of rotatable bonds is 8. The van der Waals surface area contributed by atoms with E-state index in [0.29, 0.717) is 13.2 Å². The molecule has 1 aromatic rings. The molecule has 112 valence electrons. The second kappa shape index (κ2) is 7.75. The molecular weight excluding hydrogens is 256 g/mol. The molecule has 1 amide bonds. The fourth-order valence-corrected chi connectivity index (χ4v) is 1.91. The Morgan fingerprint density at radius 2 is 1.75 bits per heavy atom. The molecule has 0 aliphatic heterocycles. The fourth-order valence-electron chi connectivity index (χ4n) is 1.91. The number of hydrogen-bond donors (Lipinski definition) is 2. The summed E-state index contributed by atoms with van der Waals surface area (Å²) in [4.78, 5) is 10.8. The monoisotopic (exact) mass is 280 g/mol. The van der Waals surface area contributed by atoms with Crippen LogP contribution in [-0.2, 0) is 4.79 Å². The van der Waals surface area contributed by atoms with Gasteiger partial charge in [-0.05, 0) is 45.4 Å². The summed E-state index contributed by atoms with van der Waals surface area (Å²) in [5.74, 6) is 1.24. The van der Waals surface area contributed by atoms with Gasteiger partial charge in [-0.3, -0.25) is 4.79 Å². The summed E-state index contributed by atoms with van der Waals surface area (Å²) in [5, 5.41) is 3.07. The SMILES string of the molecule is CCOc1cc([C@@H](C)NCC(N)=O)cc(OCC)c1C. The highest BCUT2D eigenvalue weighted by Gasteiger charge is 2.13. The van der Waals surface area contributed by atoms with Crippen molar-refractivity contribution in [2.45, 2.75) is 33.7 Å². The Balaban J connectivity index is 3.02. The first-order valence-corrected chi connectivity index (χ1v) is 6.91. The third-order valence-corrected chi connectivity index (χ3v) is 3.02. The fraction of sp³-hybridized carbons (Fsp3) is 0.533. The summed E-state index contributed by atoms with van der Waals surface area (Å²) in [7, 11) is 0. The van der Waals surface area contributed by atoms with E-state index in [0.717, 1.165) is 22.6 Å². The van der Waals surface area contributed by atoms with E-state index in [-0.39, 0.29) is 18.5 Å². The summed E-state index contributed by atoms with van der Waals surface area (Å²) < 4.78 is 11.3. The molecule has 0 spiro atoms. The highest BCUT2D eigenvalue weighted by molar-refractivity contribution is 5.75. The lowest BCUT2D eigenvalue weighted by Gasteiger charge is -2.19. The van der Waals surface area contributed by atoms with Crippen molar-refractivity contribution in [1.29, 1.82) is 0 Å². The average Bonchev–Trinajstić information content (AvgIpc) is 2.40.